The maximum atomic E-state index is 11.7. The van der Waals surface area contributed by atoms with Gasteiger partial charge in [-0.15, -0.1) is 0 Å². The van der Waals surface area contributed by atoms with Crippen LogP contribution in [-0.4, -0.2) is 6.09 Å². The second-order valence-corrected chi connectivity index (χ2v) is 5.68. The Morgan fingerprint density at radius 3 is 2.55 bits per heavy atom. The Bertz CT molecular complexity index is 610. The Balaban J connectivity index is 1.87. The normalized spacial score (nSPS) is 11.7. The summed E-state index contributed by atoms with van der Waals surface area (Å²) in [6, 6.07) is 16.3. The van der Waals surface area contributed by atoms with Gasteiger partial charge in [0.25, 0.3) is 0 Å². The minimum Gasteiger partial charge on any atom is -0.444 e. The Kier molecular flexibility index (Phi) is 6.30. The lowest BCUT2D eigenvalue weighted by molar-refractivity contribution is 0.155. The molecule has 0 saturated heterocycles. The summed E-state index contributed by atoms with van der Waals surface area (Å²) in [5.41, 5.74) is 2.20. The van der Waals surface area contributed by atoms with Crippen molar-refractivity contribution < 1.29 is 19.0 Å². The molecule has 115 valence electrons. The second kappa shape index (κ2) is 8.46. The summed E-state index contributed by atoms with van der Waals surface area (Å²) in [6.45, 7) is 0.194. The largest absolute Gasteiger partial charge is 0.444 e. The van der Waals surface area contributed by atoms with Gasteiger partial charge < -0.3 is 4.74 Å². The van der Waals surface area contributed by atoms with E-state index in [0.29, 0.717) is 5.69 Å². The third-order valence-electron chi connectivity index (χ3n) is 2.82. The lowest BCUT2D eigenvalue weighted by Crippen LogP contribution is -2.13. The molecule has 0 fully saturated rings. The van der Waals surface area contributed by atoms with Crippen LogP contribution in [0.5, 0.6) is 0 Å². The Morgan fingerprint density at radius 1 is 1.09 bits per heavy atom. The van der Waals surface area contributed by atoms with Crippen molar-refractivity contribution in [3.05, 3.63) is 65.7 Å². The zero-order valence-corrected chi connectivity index (χ0v) is 12.7. The summed E-state index contributed by atoms with van der Waals surface area (Å²) in [5, 5.41) is 2.62. The molecular formula is C15H16N2O4P. The molecule has 0 heterocycles. The van der Waals surface area contributed by atoms with E-state index in [0.717, 1.165) is 11.1 Å². The van der Waals surface area contributed by atoms with Crippen molar-refractivity contribution in [3.8, 4) is 0 Å². The van der Waals surface area contributed by atoms with Crippen LogP contribution in [0.25, 0.3) is 0 Å². The van der Waals surface area contributed by atoms with Gasteiger partial charge in [0.1, 0.15) is 6.61 Å². The van der Waals surface area contributed by atoms with E-state index in [4.69, 9.17) is 10.6 Å². The summed E-state index contributed by atoms with van der Waals surface area (Å²) in [7, 11) is -1.94. The maximum Gasteiger partial charge on any atom is 0.411 e. The van der Waals surface area contributed by atoms with Crippen molar-refractivity contribution in [1.82, 2.24) is 0 Å². The van der Waals surface area contributed by atoms with Gasteiger partial charge in [-0.1, -0.05) is 42.5 Å². The number of hydrogen-bond donors (Lipinski definition) is 2. The highest BCUT2D eigenvalue weighted by Crippen LogP contribution is 2.35. The van der Waals surface area contributed by atoms with E-state index in [1.807, 2.05) is 30.3 Å². The van der Waals surface area contributed by atoms with Crippen LogP contribution in [0.1, 0.15) is 11.1 Å². The number of nitrogens with one attached hydrogen (secondary N) is 1. The summed E-state index contributed by atoms with van der Waals surface area (Å²) in [5.74, 6) is 4.86. The number of hydrogen-bond acceptors (Lipinski definition) is 4. The highest BCUT2D eigenvalue weighted by atomic mass is 31.2. The number of ether oxygens (including phenoxy) is 1. The van der Waals surface area contributed by atoms with Crippen LogP contribution < -0.4 is 11.2 Å². The smallest absolute Gasteiger partial charge is 0.411 e. The molecule has 1 unspecified atom stereocenters. The number of nitrogens with two attached hydrogens (primary N) is 1. The van der Waals surface area contributed by atoms with Crippen molar-refractivity contribution in [3.63, 3.8) is 0 Å². The summed E-state index contributed by atoms with van der Waals surface area (Å²) < 4.78 is 9.38. The fraction of sp³-hybridized carbons (Fsp3) is 0.133. The quantitative estimate of drug-likeness (QED) is 0.628. The molecule has 0 saturated carbocycles. The van der Waals surface area contributed by atoms with Crippen LogP contribution in [0, 0.1) is 0 Å². The van der Waals surface area contributed by atoms with Gasteiger partial charge in [0.15, 0.2) is 0 Å². The van der Waals surface area contributed by atoms with Crippen molar-refractivity contribution in [2.45, 2.75) is 12.8 Å². The lowest BCUT2D eigenvalue weighted by Gasteiger charge is -2.09. The van der Waals surface area contributed by atoms with Crippen molar-refractivity contribution in [2.24, 2.45) is 5.90 Å². The molecule has 2 aromatic carbocycles. The minimum atomic E-state index is -1.94. The number of benzene rings is 2. The molecule has 2 rings (SSSR count). The van der Waals surface area contributed by atoms with Gasteiger partial charge in [-0.2, -0.15) is 4.89 Å². The molecule has 6 nitrogen and oxygen atoms in total. The van der Waals surface area contributed by atoms with E-state index in [-0.39, 0.29) is 12.8 Å². The minimum absolute atomic E-state index is 0.181. The van der Waals surface area contributed by atoms with Gasteiger partial charge in [-0.3, -0.25) is 5.32 Å². The number of rotatable bonds is 6. The van der Waals surface area contributed by atoms with Crippen LogP contribution in [0.15, 0.2) is 54.6 Å². The molecular weight excluding hydrogens is 303 g/mol. The van der Waals surface area contributed by atoms with Crippen molar-refractivity contribution in [1.29, 1.82) is 0 Å². The van der Waals surface area contributed by atoms with E-state index in [2.05, 4.69) is 9.94 Å². The molecule has 0 aromatic heterocycles. The first kappa shape index (κ1) is 16.4. The molecule has 1 atom stereocenters. The third-order valence-corrected chi connectivity index (χ3v) is 3.67. The van der Waals surface area contributed by atoms with Gasteiger partial charge in [0.05, 0.1) is 0 Å². The SMILES string of the molecule is NOP([O])Cc1cccc(NC(=O)OCc2ccccc2)c1. The van der Waals surface area contributed by atoms with Crippen LogP contribution in [-0.2, 0) is 27.0 Å². The fourth-order valence-corrected chi connectivity index (χ4v) is 2.38. The first-order chi connectivity index (χ1) is 10.7. The van der Waals surface area contributed by atoms with Crippen LogP contribution >= 0.6 is 8.38 Å². The van der Waals surface area contributed by atoms with E-state index < -0.39 is 14.5 Å². The standard InChI is InChI=1S/C15H16N2O4P/c16-21-22(19)11-13-7-4-8-14(9-13)17-15(18)20-10-12-5-2-1-3-6-12/h1-9H,10-11,16H2,(H,17,18). The average Bonchev–Trinajstić information content (AvgIpc) is 2.54. The zero-order chi connectivity index (χ0) is 15.8. The van der Waals surface area contributed by atoms with Crippen molar-refractivity contribution >= 4 is 20.2 Å². The monoisotopic (exact) mass is 319 g/mol. The molecule has 0 spiro atoms. The van der Waals surface area contributed by atoms with E-state index >= 15 is 0 Å². The van der Waals surface area contributed by atoms with E-state index in [9.17, 15) is 9.69 Å². The molecule has 1 radical (unpaired) electrons. The highest BCUT2D eigenvalue weighted by Gasteiger charge is 2.09. The molecule has 3 N–H and O–H groups in total. The number of carbonyl (C=O) groups excluding carboxylic acids is 1. The Labute approximate surface area is 129 Å². The summed E-state index contributed by atoms with van der Waals surface area (Å²) in [6.07, 6.45) is -0.374. The molecule has 0 aliphatic rings. The lowest BCUT2D eigenvalue weighted by atomic mass is 10.2. The van der Waals surface area contributed by atoms with Gasteiger partial charge in [0, 0.05) is 11.8 Å². The number of amides is 1. The first-order valence-corrected chi connectivity index (χ1v) is 7.92. The Hall–Kier alpha value is -1.98. The van der Waals surface area contributed by atoms with Crippen molar-refractivity contribution in [2.75, 3.05) is 5.32 Å². The third kappa shape index (κ3) is 5.42. The zero-order valence-electron chi connectivity index (χ0n) is 11.8. The highest BCUT2D eigenvalue weighted by molar-refractivity contribution is 7.44. The summed E-state index contributed by atoms with van der Waals surface area (Å²) in [4.78, 5) is 23.0. The van der Waals surface area contributed by atoms with Crippen LogP contribution in [0.4, 0.5) is 10.5 Å². The second-order valence-electron chi connectivity index (χ2n) is 4.48. The van der Waals surface area contributed by atoms with Crippen LogP contribution in [0.3, 0.4) is 0 Å². The molecule has 2 aromatic rings. The molecule has 0 aliphatic carbocycles. The molecule has 7 heteroatoms. The fourth-order valence-electron chi connectivity index (χ4n) is 1.81. The molecule has 22 heavy (non-hydrogen) atoms. The van der Waals surface area contributed by atoms with E-state index in [1.165, 1.54) is 0 Å². The van der Waals surface area contributed by atoms with Gasteiger partial charge >= 0.3 is 6.09 Å². The molecule has 0 aliphatic heterocycles. The number of carbonyl (C=O) groups is 1. The number of anilines is 1. The topological polar surface area (TPSA) is 93.5 Å². The van der Waals surface area contributed by atoms with Crippen LogP contribution in [0.2, 0.25) is 0 Å². The van der Waals surface area contributed by atoms with Gasteiger partial charge in [-0.05, 0) is 23.3 Å². The van der Waals surface area contributed by atoms with Gasteiger partial charge in [0.2, 0.25) is 8.38 Å². The molecule has 1 amide bonds. The predicted molar refractivity (Wildman–Crippen MR) is 83.3 cm³/mol. The Morgan fingerprint density at radius 2 is 1.82 bits per heavy atom. The van der Waals surface area contributed by atoms with Gasteiger partial charge in [-0.25, -0.2) is 15.3 Å². The predicted octanol–water partition coefficient (Wildman–Crippen LogP) is 3.57. The molecule has 0 bridgehead atoms. The first-order valence-electron chi connectivity index (χ1n) is 6.55. The summed E-state index contributed by atoms with van der Waals surface area (Å²) >= 11 is 0. The average molecular weight is 319 g/mol. The van der Waals surface area contributed by atoms with E-state index in [1.54, 1.807) is 24.3 Å². The maximum absolute atomic E-state index is 11.7.